The normalized spacial score (nSPS) is 33.7. The van der Waals surface area contributed by atoms with Crippen LogP contribution in [0.5, 0.6) is 0 Å². The number of rotatable bonds is 7. The van der Waals surface area contributed by atoms with Gasteiger partial charge in [0.2, 0.25) is 17.6 Å². The zero-order chi connectivity index (χ0) is 24.0. The van der Waals surface area contributed by atoms with E-state index in [1.165, 1.54) is 37.5 Å². The molecule has 1 saturated heterocycles. The number of aliphatic hydroxyl groups excluding tert-OH is 1. The van der Waals surface area contributed by atoms with Crippen molar-refractivity contribution in [2.24, 2.45) is 23.2 Å². The molecule has 1 aromatic rings. The van der Waals surface area contributed by atoms with Crippen molar-refractivity contribution >= 4 is 34.9 Å². The van der Waals surface area contributed by atoms with Crippen LogP contribution < -0.4 is 5.32 Å². The van der Waals surface area contributed by atoms with Crippen molar-refractivity contribution in [3.63, 3.8) is 0 Å². The predicted molar refractivity (Wildman–Crippen MR) is 124 cm³/mol. The molecule has 1 aromatic heterocycles. The van der Waals surface area contributed by atoms with E-state index < -0.39 is 30.1 Å². The van der Waals surface area contributed by atoms with Crippen molar-refractivity contribution in [2.75, 3.05) is 13.2 Å². The van der Waals surface area contributed by atoms with Gasteiger partial charge in [0.05, 0.1) is 22.9 Å². The molecular weight excluding hydrogens is 456 g/mol. The van der Waals surface area contributed by atoms with Gasteiger partial charge in [-0.3, -0.25) is 14.4 Å². The maximum atomic E-state index is 13.7. The Morgan fingerprint density at radius 3 is 2.35 bits per heavy atom. The highest BCUT2D eigenvalue weighted by atomic mass is 32.1. The summed E-state index contributed by atoms with van der Waals surface area (Å²) in [6, 6.07) is 2.57. The van der Waals surface area contributed by atoms with Crippen LogP contribution in [0.25, 0.3) is 0 Å². The smallest absolute Gasteiger partial charge is 0.329 e. The first-order valence-electron chi connectivity index (χ1n) is 12.2. The van der Waals surface area contributed by atoms with Crippen LogP contribution in [-0.4, -0.2) is 58.9 Å². The number of ether oxygens (including phenoxy) is 1. The van der Waals surface area contributed by atoms with E-state index in [0.29, 0.717) is 29.2 Å². The summed E-state index contributed by atoms with van der Waals surface area (Å²) in [4.78, 5) is 53.1. The first kappa shape index (κ1) is 23.5. The van der Waals surface area contributed by atoms with Crippen molar-refractivity contribution in [1.82, 2.24) is 10.2 Å². The number of thiophene rings is 1. The summed E-state index contributed by atoms with van der Waals surface area (Å²) in [5.41, 5.74) is -0.394. The monoisotopic (exact) mass is 488 g/mol. The van der Waals surface area contributed by atoms with Gasteiger partial charge in [0, 0.05) is 24.8 Å². The summed E-state index contributed by atoms with van der Waals surface area (Å²) in [5, 5.41) is 13.0. The van der Waals surface area contributed by atoms with Crippen molar-refractivity contribution in [1.29, 1.82) is 0 Å². The van der Waals surface area contributed by atoms with Crippen LogP contribution in [0.2, 0.25) is 0 Å². The van der Waals surface area contributed by atoms with Gasteiger partial charge in [-0.1, -0.05) is 0 Å². The maximum Gasteiger partial charge on any atom is 0.329 e. The van der Waals surface area contributed by atoms with Crippen LogP contribution >= 0.6 is 11.3 Å². The number of carbonyl (C=O) groups excluding carboxylic acids is 4. The number of likely N-dealkylation sites (tertiary alicyclic amines) is 1. The minimum absolute atomic E-state index is 0.00250. The van der Waals surface area contributed by atoms with E-state index in [9.17, 15) is 24.3 Å². The third kappa shape index (κ3) is 4.52. The van der Waals surface area contributed by atoms with Crippen LogP contribution in [-0.2, 0) is 25.7 Å². The van der Waals surface area contributed by atoms with E-state index in [0.717, 1.165) is 24.1 Å². The Kier molecular flexibility index (Phi) is 6.27. The average molecular weight is 489 g/mol. The highest BCUT2D eigenvalue weighted by Gasteiger charge is 2.57. The Balaban J connectivity index is 1.21. The van der Waals surface area contributed by atoms with Crippen LogP contribution in [0.15, 0.2) is 12.1 Å². The number of esters is 1. The van der Waals surface area contributed by atoms with E-state index in [1.807, 2.05) is 0 Å². The number of aliphatic hydroxyl groups is 1. The number of β-amino-alcohol motifs (C(OH)–C–C–N with tert-alkyl or cyclic N) is 1. The number of nitrogens with one attached hydrogen (secondary N) is 1. The molecule has 9 heteroatoms. The average Bonchev–Trinajstić information content (AvgIpc) is 3.41. The molecule has 2 heterocycles. The van der Waals surface area contributed by atoms with Gasteiger partial charge in [0.1, 0.15) is 6.04 Å². The molecule has 6 rings (SSSR count). The maximum absolute atomic E-state index is 13.7. The van der Waals surface area contributed by atoms with Gasteiger partial charge in [-0.25, -0.2) is 4.79 Å². The molecule has 2 amide bonds. The van der Waals surface area contributed by atoms with Crippen LogP contribution in [0.4, 0.5) is 0 Å². The number of Topliss-reactive ketones (excluding diaryl/α,β-unsaturated/α-hetero) is 1. The lowest BCUT2D eigenvalue weighted by Gasteiger charge is -2.56. The fraction of sp³-hybridized carbons (Fsp3) is 0.680. The molecule has 1 unspecified atom stereocenters. The molecule has 0 radical (unpaired) electrons. The van der Waals surface area contributed by atoms with E-state index in [1.54, 1.807) is 17.0 Å². The topological polar surface area (TPSA) is 113 Å². The number of ketones is 1. The molecule has 2 N–H and O–H groups in total. The molecular formula is C25H32N2O6S. The van der Waals surface area contributed by atoms with Gasteiger partial charge in [0.25, 0.3) is 0 Å². The third-order valence-electron chi connectivity index (χ3n) is 8.10. The Bertz CT molecular complexity index is 968. The third-order valence-corrected chi connectivity index (χ3v) is 9.22. The first-order valence-corrected chi connectivity index (χ1v) is 13.1. The molecule has 4 saturated carbocycles. The fourth-order valence-electron chi connectivity index (χ4n) is 7.08. The van der Waals surface area contributed by atoms with Crippen molar-refractivity contribution in [2.45, 2.75) is 70.6 Å². The number of amides is 2. The summed E-state index contributed by atoms with van der Waals surface area (Å²) < 4.78 is 5.34. The molecule has 0 aromatic carbocycles. The summed E-state index contributed by atoms with van der Waals surface area (Å²) in [6.07, 6.45) is 5.72. The van der Waals surface area contributed by atoms with Gasteiger partial charge in [0.15, 0.2) is 6.61 Å². The van der Waals surface area contributed by atoms with Crippen molar-refractivity contribution in [3.05, 3.63) is 21.9 Å². The second-order valence-corrected chi connectivity index (χ2v) is 11.9. The highest BCUT2D eigenvalue weighted by molar-refractivity contribution is 7.14. The predicted octanol–water partition coefficient (Wildman–Crippen LogP) is 2.29. The van der Waals surface area contributed by atoms with Crippen LogP contribution in [0.3, 0.4) is 0 Å². The summed E-state index contributed by atoms with van der Waals surface area (Å²) in [5.74, 6) is 0.702. The minimum atomic E-state index is -0.845. The number of hydrogen-bond acceptors (Lipinski definition) is 7. The SMILES string of the molecule is CC(=O)NCc1ccc(C(=O)COC(=O)[C@@H]2CC(O)CN2C(=O)C23CC4CC(CC(C4)C2)C3)s1. The van der Waals surface area contributed by atoms with Gasteiger partial charge in [-0.2, -0.15) is 0 Å². The van der Waals surface area contributed by atoms with E-state index in [-0.39, 0.29) is 30.6 Å². The second-order valence-electron chi connectivity index (χ2n) is 10.8. The van der Waals surface area contributed by atoms with Gasteiger partial charge < -0.3 is 20.1 Å². The highest BCUT2D eigenvalue weighted by Crippen LogP contribution is 2.60. The number of nitrogens with zero attached hydrogens (tertiary/aromatic N) is 1. The molecule has 0 spiro atoms. The molecule has 4 aliphatic carbocycles. The van der Waals surface area contributed by atoms with Gasteiger partial charge >= 0.3 is 5.97 Å². The Morgan fingerprint density at radius 2 is 1.74 bits per heavy atom. The van der Waals surface area contributed by atoms with E-state index in [2.05, 4.69) is 5.32 Å². The summed E-state index contributed by atoms with van der Waals surface area (Å²) in [6.45, 7) is 1.50. The number of hydrogen-bond donors (Lipinski definition) is 2. The Morgan fingerprint density at radius 1 is 1.09 bits per heavy atom. The Hall–Kier alpha value is -2.26. The molecule has 8 nitrogen and oxygen atoms in total. The standard InChI is InChI=1S/C25H32N2O6S/c1-14(28)26-11-19-2-3-22(34-19)21(30)13-33-23(31)20-7-18(29)12-27(20)24(32)25-8-15-4-16(9-25)6-17(5-15)10-25/h2-3,15-18,20,29H,4-13H2,1H3,(H,26,28)/t15?,16?,17?,18?,20-,25?/m0/s1. The lowest BCUT2D eigenvalue weighted by atomic mass is 9.49. The zero-order valence-corrected chi connectivity index (χ0v) is 20.3. The first-order chi connectivity index (χ1) is 16.2. The molecule has 5 aliphatic rings. The van der Waals surface area contributed by atoms with E-state index in [4.69, 9.17) is 4.74 Å². The molecule has 184 valence electrons. The molecule has 5 fully saturated rings. The molecule has 34 heavy (non-hydrogen) atoms. The van der Waals surface area contributed by atoms with Crippen molar-refractivity contribution < 1.29 is 29.0 Å². The fourth-order valence-corrected chi connectivity index (χ4v) is 7.95. The molecule has 4 bridgehead atoms. The lowest BCUT2D eigenvalue weighted by molar-refractivity contribution is -0.165. The minimum Gasteiger partial charge on any atom is -0.456 e. The van der Waals surface area contributed by atoms with Crippen LogP contribution in [0.1, 0.15) is 66.4 Å². The van der Waals surface area contributed by atoms with Gasteiger partial charge in [-0.05, 0) is 68.4 Å². The second kappa shape index (κ2) is 9.07. The summed E-state index contributed by atoms with van der Waals surface area (Å²) in [7, 11) is 0. The van der Waals surface area contributed by atoms with Gasteiger partial charge in [-0.15, -0.1) is 11.3 Å². The summed E-state index contributed by atoms with van der Waals surface area (Å²) >= 11 is 1.24. The quantitative estimate of drug-likeness (QED) is 0.450. The Labute approximate surface area is 203 Å². The van der Waals surface area contributed by atoms with Crippen molar-refractivity contribution in [3.8, 4) is 0 Å². The van der Waals surface area contributed by atoms with Crippen LogP contribution in [0, 0.1) is 23.2 Å². The largest absolute Gasteiger partial charge is 0.456 e. The van der Waals surface area contributed by atoms with E-state index >= 15 is 0 Å². The molecule has 1 aliphatic heterocycles. The lowest BCUT2D eigenvalue weighted by Crippen LogP contribution is -2.56. The number of carbonyl (C=O) groups is 4. The molecule has 2 atom stereocenters. The zero-order valence-electron chi connectivity index (χ0n) is 19.5.